The number of carboxylic acids is 1. The van der Waals surface area contributed by atoms with Crippen LogP contribution in [-0.2, 0) is 11.2 Å². The van der Waals surface area contributed by atoms with E-state index in [9.17, 15) is 27.6 Å². The van der Waals surface area contributed by atoms with Gasteiger partial charge < -0.3 is 9.84 Å². The van der Waals surface area contributed by atoms with Gasteiger partial charge in [-0.3, -0.25) is 4.57 Å². The van der Waals surface area contributed by atoms with Crippen molar-refractivity contribution in [1.29, 1.82) is 5.26 Å². The van der Waals surface area contributed by atoms with Crippen molar-refractivity contribution in [3.63, 3.8) is 0 Å². The van der Waals surface area contributed by atoms with Crippen molar-refractivity contribution >= 4 is 17.7 Å². The van der Waals surface area contributed by atoms with Crippen LogP contribution in [0, 0.1) is 34.6 Å². The molecule has 1 N–H and O–H groups in total. The number of carbonyl (C=O) groups is 1. The fourth-order valence-corrected chi connectivity index (χ4v) is 5.07. The smallest absolute Gasteiger partial charge is 0.335 e. The summed E-state index contributed by atoms with van der Waals surface area (Å²) in [5.41, 5.74) is -0.286. The molecule has 4 aromatic rings. The third-order valence-corrected chi connectivity index (χ3v) is 7.28. The topological polar surface area (TPSA) is 88.1 Å². The minimum atomic E-state index is -1.46. The second-order valence-corrected chi connectivity index (χ2v) is 9.97. The molecule has 0 spiro atoms. The Balaban J connectivity index is 1.83. The van der Waals surface area contributed by atoms with Crippen molar-refractivity contribution in [2.45, 2.75) is 30.2 Å². The van der Waals surface area contributed by atoms with E-state index in [-0.39, 0.29) is 27.8 Å². The molecular weight excluding hydrogens is 534 g/mol. The number of methoxy groups -OCH3 is 1. The molecule has 0 amide bonds. The van der Waals surface area contributed by atoms with E-state index in [1.54, 1.807) is 10.6 Å². The van der Waals surface area contributed by atoms with Gasteiger partial charge in [-0.15, -0.1) is 0 Å². The summed E-state index contributed by atoms with van der Waals surface area (Å²) in [6.45, 7) is 3.65. The third-order valence-electron chi connectivity index (χ3n) is 6.30. The fourth-order valence-electron chi connectivity index (χ4n) is 4.06. The molecule has 0 radical (unpaired) electrons. The number of nitrogens with zero attached hydrogens (tertiary/aromatic N) is 3. The Bertz CT molecular complexity index is 1610. The SMILES string of the molecule is COc1cc(-n2c(C(C)(C)c3ccc(F)c(C#N)c3)cnc2SCc2c(F)cc(C(=O)O)cc2F)ccc1F. The number of ether oxygens (including phenoxy) is 1. The van der Waals surface area contributed by atoms with Gasteiger partial charge in [0.25, 0.3) is 0 Å². The van der Waals surface area contributed by atoms with Gasteiger partial charge in [-0.2, -0.15) is 5.26 Å². The predicted molar refractivity (Wildman–Crippen MR) is 136 cm³/mol. The first-order chi connectivity index (χ1) is 18.5. The molecule has 0 aliphatic heterocycles. The van der Waals surface area contributed by atoms with Crippen LogP contribution >= 0.6 is 11.8 Å². The molecule has 4 rings (SSSR count). The van der Waals surface area contributed by atoms with Crippen molar-refractivity contribution < 1.29 is 32.2 Å². The largest absolute Gasteiger partial charge is 0.494 e. The van der Waals surface area contributed by atoms with Gasteiger partial charge in [0.2, 0.25) is 0 Å². The van der Waals surface area contributed by atoms with Crippen LogP contribution in [0.5, 0.6) is 5.75 Å². The van der Waals surface area contributed by atoms with Gasteiger partial charge in [-0.25, -0.2) is 27.3 Å². The standard InChI is InChI=1S/C28H21F4N3O3S/c1-28(2,17-4-6-20(29)16(8-17)12-33)25-13-34-27(35(25)18-5-7-21(30)24(11-18)38-3)39-14-19-22(31)9-15(26(36)37)10-23(19)32/h4-11,13H,14H2,1-3H3,(H,36,37). The number of rotatable bonds is 8. The number of aromatic nitrogens is 2. The summed E-state index contributed by atoms with van der Waals surface area (Å²) in [6.07, 6.45) is 1.54. The zero-order chi connectivity index (χ0) is 28.5. The Labute approximate surface area is 225 Å². The highest BCUT2D eigenvalue weighted by Crippen LogP contribution is 2.38. The van der Waals surface area contributed by atoms with E-state index in [1.165, 1.54) is 43.6 Å². The van der Waals surface area contributed by atoms with E-state index in [4.69, 9.17) is 9.84 Å². The minimum absolute atomic E-state index is 0.0456. The van der Waals surface area contributed by atoms with E-state index >= 15 is 0 Å². The van der Waals surface area contributed by atoms with Crippen LogP contribution in [0.4, 0.5) is 17.6 Å². The number of benzene rings is 3. The number of halogens is 4. The number of thioether (sulfide) groups is 1. The third kappa shape index (κ3) is 5.33. The quantitative estimate of drug-likeness (QED) is 0.194. The number of imidazole rings is 1. The Morgan fingerprint density at radius 1 is 1.05 bits per heavy atom. The van der Waals surface area contributed by atoms with Crippen LogP contribution in [-0.4, -0.2) is 27.7 Å². The van der Waals surface area contributed by atoms with Crippen molar-refractivity contribution in [1.82, 2.24) is 9.55 Å². The second kappa shape index (κ2) is 10.8. The highest BCUT2D eigenvalue weighted by Gasteiger charge is 2.31. The number of hydrogen-bond acceptors (Lipinski definition) is 5. The highest BCUT2D eigenvalue weighted by atomic mass is 32.2. The summed E-state index contributed by atoms with van der Waals surface area (Å²) >= 11 is 0.975. The lowest BCUT2D eigenvalue weighted by molar-refractivity contribution is 0.0695. The molecule has 3 aromatic carbocycles. The van der Waals surface area contributed by atoms with Gasteiger partial charge in [0, 0.05) is 22.8 Å². The lowest BCUT2D eigenvalue weighted by atomic mass is 9.81. The number of aromatic carboxylic acids is 1. The summed E-state index contributed by atoms with van der Waals surface area (Å²) in [6, 6.07) is 11.6. The molecule has 1 heterocycles. The van der Waals surface area contributed by atoms with Crippen LogP contribution < -0.4 is 4.74 Å². The predicted octanol–water partition coefficient (Wildman–Crippen LogP) is 6.63. The van der Waals surface area contributed by atoms with E-state index < -0.39 is 40.2 Å². The number of hydrogen-bond donors (Lipinski definition) is 1. The molecule has 1 aromatic heterocycles. The average Bonchev–Trinajstić information content (AvgIpc) is 3.33. The maximum absolute atomic E-state index is 14.6. The maximum atomic E-state index is 14.6. The van der Waals surface area contributed by atoms with Gasteiger partial charge >= 0.3 is 5.97 Å². The summed E-state index contributed by atoms with van der Waals surface area (Å²) in [5.74, 6) is -5.04. The number of carboxylic acid groups (broad SMARTS) is 1. The molecule has 11 heteroatoms. The van der Waals surface area contributed by atoms with E-state index in [2.05, 4.69) is 4.98 Å². The normalized spacial score (nSPS) is 11.3. The van der Waals surface area contributed by atoms with Crippen molar-refractivity contribution in [3.8, 4) is 17.5 Å². The van der Waals surface area contributed by atoms with Gasteiger partial charge in [0.05, 0.1) is 35.8 Å². The molecule has 39 heavy (non-hydrogen) atoms. The molecular formula is C28H21F4N3O3S. The zero-order valence-corrected chi connectivity index (χ0v) is 21.7. The van der Waals surface area contributed by atoms with Crippen molar-refractivity contribution in [2.24, 2.45) is 0 Å². The van der Waals surface area contributed by atoms with Crippen LogP contribution in [0.2, 0.25) is 0 Å². The molecule has 0 aliphatic rings. The molecule has 200 valence electrons. The van der Waals surface area contributed by atoms with Crippen LogP contribution in [0.25, 0.3) is 5.69 Å². The van der Waals surface area contributed by atoms with E-state index in [0.717, 1.165) is 23.9 Å². The van der Waals surface area contributed by atoms with Crippen LogP contribution in [0.15, 0.2) is 59.9 Å². The zero-order valence-electron chi connectivity index (χ0n) is 20.9. The Hall–Kier alpha value is -4.30. The van der Waals surface area contributed by atoms with Crippen molar-refractivity contribution in [3.05, 3.63) is 106 Å². The Kier molecular flexibility index (Phi) is 7.70. The van der Waals surface area contributed by atoms with Gasteiger partial charge in [0.1, 0.15) is 23.5 Å². The first kappa shape index (κ1) is 27.7. The summed E-state index contributed by atoms with van der Waals surface area (Å²) in [7, 11) is 1.31. The molecule has 0 unspecified atom stereocenters. The van der Waals surface area contributed by atoms with Gasteiger partial charge in [-0.05, 0) is 42.0 Å². The average molecular weight is 556 g/mol. The second-order valence-electron chi connectivity index (χ2n) is 9.02. The monoisotopic (exact) mass is 555 g/mol. The molecule has 0 aliphatic carbocycles. The molecule has 0 bridgehead atoms. The first-order valence-electron chi connectivity index (χ1n) is 11.4. The molecule has 6 nitrogen and oxygen atoms in total. The molecule has 0 fully saturated rings. The summed E-state index contributed by atoms with van der Waals surface area (Å²) in [4.78, 5) is 15.6. The van der Waals surface area contributed by atoms with Crippen molar-refractivity contribution in [2.75, 3.05) is 7.11 Å². The van der Waals surface area contributed by atoms with Gasteiger partial charge in [0.15, 0.2) is 16.7 Å². The highest BCUT2D eigenvalue weighted by molar-refractivity contribution is 7.98. The molecule has 0 saturated heterocycles. The Morgan fingerprint density at radius 2 is 1.72 bits per heavy atom. The molecule has 0 saturated carbocycles. The van der Waals surface area contributed by atoms with E-state index in [1.807, 2.05) is 19.9 Å². The lowest BCUT2D eigenvalue weighted by Gasteiger charge is -2.28. The Morgan fingerprint density at radius 3 is 2.33 bits per heavy atom. The van der Waals surface area contributed by atoms with Crippen LogP contribution in [0.1, 0.15) is 46.6 Å². The minimum Gasteiger partial charge on any atom is -0.494 e. The van der Waals surface area contributed by atoms with E-state index in [0.29, 0.717) is 16.9 Å². The molecule has 0 atom stereocenters. The maximum Gasteiger partial charge on any atom is 0.335 e. The van der Waals surface area contributed by atoms with Gasteiger partial charge in [-0.1, -0.05) is 31.7 Å². The number of nitriles is 1. The summed E-state index contributed by atoms with van der Waals surface area (Å²) in [5, 5.41) is 18.7. The first-order valence-corrected chi connectivity index (χ1v) is 12.4. The summed E-state index contributed by atoms with van der Waals surface area (Å²) < 4.78 is 64.3. The fraction of sp³-hybridized carbons (Fsp3) is 0.179. The lowest BCUT2D eigenvalue weighted by Crippen LogP contribution is -2.23. The van der Waals surface area contributed by atoms with Crippen LogP contribution in [0.3, 0.4) is 0 Å².